The lowest BCUT2D eigenvalue weighted by atomic mass is 10.00. The van der Waals surface area contributed by atoms with Crippen LogP contribution in [0, 0.1) is 5.92 Å². The summed E-state index contributed by atoms with van der Waals surface area (Å²) in [6, 6.07) is 5.95. The van der Waals surface area contributed by atoms with Gasteiger partial charge in [0.25, 0.3) is 0 Å². The molecule has 1 fully saturated rings. The normalized spacial score (nSPS) is 20.7. The molecule has 0 saturated carbocycles. The third-order valence-electron chi connectivity index (χ3n) is 3.32. The van der Waals surface area contributed by atoms with Gasteiger partial charge in [0.1, 0.15) is 4.99 Å². The predicted octanol–water partition coefficient (Wildman–Crippen LogP) is 2.81. The van der Waals surface area contributed by atoms with Crippen LogP contribution in [0.4, 0.5) is 5.69 Å². The summed E-state index contributed by atoms with van der Waals surface area (Å²) in [6.07, 6.45) is 1.08. The first-order chi connectivity index (χ1) is 8.59. The van der Waals surface area contributed by atoms with E-state index in [1.54, 1.807) is 6.07 Å². The van der Waals surface area contributed by atoms with Crippen LogP contribution in [0.15, 0.2) is 18.2 Å². The van der Waals surface area contributed by atoms with E-state index in [4.69, 9.17) is 34.3 Å². The Labute approximate surface area is 118 Å². The maximum Gasteiger partial charge on any atom is 0.107 e. The standard InChI is InChI=1S/C13H17ClN2OS/c1-8(9-5-6-17-7-9)16-11-4-2-3-10(14)12(11)13(15)18/h2-4,8-9,16H,5-7H2,1H3,(H2,15,18). The van der Waals surface area contributed by atoms with Crippen LogP contribution in [0.5, 0.6) is 0 Å². The van der Waals surface area contributed by atoms with Gasteiger partial charge in [-0.05, 0) is 25.5 Å². The van der Waals surface area contributed by atoms with Gasteiger partial charge in [-0.3, -0.25) is 0 Å². The van der Waals surface area contributed by atoms with Crippen LogP contribution < -0.4 is 11.1 Å². The average Bonchev–Trinajstić information content (AvgIpc) is 2.81. The second-order valence-corrected chi connectivity index (χ2v) is 5.43. The van der Waals surface area contributed by atoms with Crippen LogP contribution in [0.1, 0.15) is 18.9 Å². The smallest absolute Gasteiger partial charge is 0.107 e. The second kappa shape index (κ2) is 5.87. The molecule has 1 aliphatic rings. The Morgan fingerprint density at radius 1 is 1.61 bits per heavy atom. The number of benzene rings is 1. The maximum atomic E-state index is 6.14. The molecule has 2 unspecified atom stereocenters. The minimum absolute atomic E-state index is 0.305. The molecule has 1 saturated heterocycles. The highest BCUT2D eigenvalue weighted by atomic mass is 35.5. The van der Waals surface area contributed by atoms with E-state index in [-0.39, 0.29) is 0 Å². The number of ether oxygens (including phenoxy) is 1. The van der Waals surface area contributed by atoms with Crippen molar-refractivity contribution in [1.82, 2.24) is 0 Å². The van der Waals surface area contributed by atoms with Crippen LogP contribution >= 0.6 is 23.8 Å². The molecule has 0 radical (unpaired) electrons. The quantitative estimate of drug-likeness (QED) is 0.835. The lowest BCUT2D eigenvalue weighted by Crippen LogP contribution is -2.27. The molecule has 2 rings (SSSR count). The number of nitrogens with one attached hydrogen (secondary N) is 1. The fraction of sp³-hybridized carbons (Fsp3) is 0.462. The molecule has 1 aromatic rings. The first-order valence-corrected chi connectivity index (χ1v) is 6.81. The molecule has 1 heterocycles. The first kappa shape index (κ1) is 13.6. The Morgan fingerprint density at radius 3 is 3.00 bits per heavy atom. The third kappa shape index (κ3) is 2.94. The summed E-state index contributed by atoms with van der Waals surface area (Å²) in [6.45, 7) is 3.79. The molecule has 0 amide bonds. The first-order valence-electron chi connectivity index (χ1n) is 6.02. The molecule has 1 aromatic carbocycles. The van der Waals surface area contributed by atoms with E-state index in [0.29, 0.717) is 22.0 Å². The van der Waals surface area contributed by atoms with E-state index in [1.807, 2.05) is 12.1 Å². The summed E-state index contributed by atoms with van der Waals surface area (Å²) in [4.78, 5) is 0.318. The van der Waals surface area contributed by atoms with Crippen LogP contribution in [0.3, 0.4) is 0 Å². The van der Waals surface area contributed by atoms with Crippen LogP contribution in [0.2, 0.25) is 5.02 Å². The van der Waals surface area contributed by atoms with Crippen LogP contribution in [-0.2, 0) is 4.74 Å². The highest BCUT2D eigenvalue weighted by molar-refractivity contribution is 7.80. The van der Waals surface area contributed by atoms with Crippen molar-refractivity contribution in [2.24, 2.45) is 11.7 Å². The van der Waals surface area contributed by atoms with Crippen molar-refractivity contribution in [1.29, 1.82) is 0 Å². The number of hydrogen-bond donors (Lipinski definition) is 2. The summed E-state index contributed by atoms with van der Waals surface area (Å²) in [5, 5.41) is 4.03. The van der Waals surface area contributed by atoms with Gasteiger partial charge in [0.15, 0.2) is 0 Å². The molecule has 3 N–H and O–H groups in total. The molecule has 0 spiro atoms. The van der Waals surface area contributed by atoms with E-state index in [0.717, 1.165) is 30.9 Å². The molecule has 5 heteroatoms. The molecule has 0 bridgehead atoms. The molecule has 0 aromatic heterocycles. The molecular formula is C13H17ClN2OS. The Morgan fingerprint density at radius 2 is 2.39 bits per heavy atom. The number of rotatable bonds is 4. The summed E-state index contributed by atoms with van der Waals surface area (Å²) in [7, 11) is 0. The zero-order valence-electron chi connectivity index (χ0n) is 10.3. The SMILES string of the molecule is CC(Nc1cccc(Cl)c1C(N)=S)C1CCOC1. The monoisotopic (exact) mass is 284 g/mol. The fourth-order valence-electron chi connectivity index (χ4n) is 2.21. The summed E-state index contributed by atoms with van der Waals surface area (Å²) in [5.41, 5.74) is 7.35. The van der Waals surface area contributed by atoms with Crippen molar-refractivity contribution in [3.63, 3.8) is 0 Å². The van der Waals surface area contributed by atoms with E-state index in [9.17, 15) is 0 Å². The summed E-state index contributed by atoms with van der Waals surface area (Å²) >= 11 is 11.2. The van der Waals surface area contributed by atoms with Crippen LogP contribution in [0.25, 0.3) is 0 Å². The van der Waals surface area contributed by atoms with Gasteiger partial charge < -0.3 is 15.8 Å². The van der Waals surface area contributed by atoms with E-state index >= 15 is 0 Å². The molecule has 98 valence electrons. The summed E-state index contributed by atoms with van der Waals surface area (Å²) in [5.74, 6) is 0.517. The Hall–Kier alpha value is -0.840. The Bertz CT molecular complexity index is 447. The highest BCUT2D eigenvalue weighted by Gasteiger charge is 2.23. The number of halogens is 1. The van der Waals surface area contributed by atoms with E-state index < -0.39 is 0 Å². The molecule has 2 atom stereocenters. The van der Waals surface area contributed by atoms with Gasteiger partial charge in [0.2, 0.25) is 0 Å². The largest absolute Gasteiger partial charge is 0.389 e. The Kier molecular flexibility index (Phi) is 4.43. The average molecular weight is 285 g/mol. The van der Waals surface area contributed by atoms with Crippen molar-refractivity contribution in [3.8, 4) is 0 Å². The van der Waals surface area contributed by atoms with Gasteiger partial charge in [-0.1, -0.05) is 29.9 Å². The van der Waals surface area contributed by atoms with Gasteiger partial charge in [0, 0.05) is 24.3 Å². The second-order valence-electron chi connectivity index (χ2n) is 4.58. The van der Waals surface area contributed by atoms with Crippen molar-refractivity contribution in [3.05, 3.63) is 28.8 Å². The lowest BCUT2D eigenvalue weighted by Gasteiger charge is -2.22. The van der Waals surface area contributed by atoms with Crippen molar-refractivity contribution < 1.29 is 4.74 Å². The van der Waals surface area contributed by atoms with Gasteiger partial charge in [-0.25, -0.2) is 0 Å². The number of hydrogen-bond acceptors (Lipinski definition) is 3. The zero-order valence-corrected chi connectivity index (χ0v) is 11.9. The van der Waals surface area contributed by atoms with Crippen molar-refractivity contribution >= 4 is 34.5 Å². The molecular weight excluding hydrogens is 268 g/mol. The molecule has 1 aliphatic heterocycles. The van der Waals surface area contributed by atoms with E-state index in [2.05, 4.69) is 12.2 Å². The topological polar surface area (TPSA) is 47.3 Å². The lowest BCUT2D eigenvalue weighted by molar-refractivity contribution is 0.183. The fourth-order valence-corrected chi connectivity index (χ4v) is 2.76. The van der Waals surface area contributed by atoms with Gasteiger partial charge in [-0.15, -0.1) is 0 Å². The minimum Gasteiger partial charge on any atom is -0.389 e. The number of thiocarbonyl (C=S) groups is 1. The summed E-state index contributed by atoms with van der Waals surface area (Å²) < 4.78 is 5.40. The maximum absolute atomic E-state index is 6.14. The zero-order chi connectivity index (χ0) is 13.1. The molecule has 0 aliphatic carbocycles. The molecule has 3 nitrogen and oxygen atoms in total. The van der Waals surface area contributed by atoms with Gasteiger partial charge >= 0.3 is 0 Å². The third-order valence-corrected chi connectivity index (χ3v) is 3.83. The van der Waals surface area contributed by atoms with Crippen molar-refractivity contribution in [2.45, 2.75) is 19.4 Å². The Balaban J connectivity index is 2.17. The van der Waals surface area contributed by atoms with E-state index in [1.165, 1.54) is 0 Å². The van der Waals surface area contributed by atoms with Gasteiger partial charge in [-0.2, -0.15) is 0 Å². The number of anilines is 1. The van der Waals surface area contributed by atoms with Gasteiger partial charge in [0.05, 0.1) is 17.2 Å². The van der Waals surface area contributed by atoms with Crippen LogP contribution in [-0.4, -0.2) is 24.2 Å². The predicted molar refractivity (Wildman–Crippen MR) is 79.4 cm³/mol. The minimum atomic E-state index is 0.305. The van der Waals surface area contributed by atoms with Crippen molar-refractivity contribution in [2.75, 3.05) is 18.5 Å². The number of nitrogens with two attached hydrogens (primary N) is 1. The molecule has 18 heavy (non-hydrogen) atoms. The highest BCUT2D eigenvalue weighted by Crippen LogP contribution is 2.27.